The predicted octanol–water partition coefficient (Wildman–Crippen LogP) is 6.52. The van der Waals surface area contributed by atoms with Crippen LogP contribution in [0.5, 0.6) is 0 Å². The maximum absolute atomic E-state index is 13.5. The van der Waals surface area contributed by atoms with Gasteiger partial charge in [0.2, 0.25) is 11.1 Å². The van der Waals surface area contributed by atoms with Gasteiger partial charge in [0.25, 0.3) is 0 Å². The van der Waals surface area contributed by atoms with E-state index in [9.17, 15) is 9.18 Å². The molecule has 5 aromatic rings. The molecule has 0 unspecified atom stereocenters. The van der Waals surface area contributed by atoms with Gasteiger partial charge in [0, 0.05) is 37.2 Å². The number of piperidine rings is 1. The van der Waals surface area contributed by atoms with Crippen molar-refractivity contribution < 1.29 is 9.18 Å². The van der Waals surface area contributed by atoms with Gasteiger partial charge in [-0.25, -0.2) is 9.37 Å². The maximum Gasteiger partial charge on any atom is 0.222 e. The second-order valence-electron chi connectivity index (χ2n) is 10.5. The van der Waals surface area contributed by atoms with Crippen molar-refractivity contribution in [2.24, 2.45) is 5.92 Å². The molecule has 8 heteroatoms. The van der Waals surface area contributed by atoms with E-state index in [1.165, 1.54) is 29.5 Å². The van der Waals surface area contributed by atoms with E-state index in [0.29, 0.717) is 24.0 Å². The van der Waals surface area contributed by atoms with Crippen LogP contribution in [-0.2, 0) is 17.8 Å². The fourth-order valence-corrected chi connectivity index (χ4v) is 6.28. The zero-order valence-electron chi connectivity index (χ0n) is 22.4. The van der Waals surface area contributed by atoms with Crippen LogP contribution in [0.4, 0.5) is 4.39 Å². The van der Waals surface area contributed by atoms with Crippen LogP contribution in [0.3, 0.4) is 0 Å². The average molecular weight is 554 g/mol. The van der Waals surface area contributed by atoms with Crippen LogP contribution in [0.25, 0.3) is 22.1 Å². The lowest BCUT2D eigenvalue weighted by Crippen LogP contribution is -2.38. The fourth-order valence-electron chi connectivity index (χ4n) is 5.56. The monoisotopic (exact) mass is 553 g/mol. The molecule has 0 spiro atoms. The number of thioether (sulfide) groups is 1. The van der Waals surface area contributed by atoms with Crippen molar-refractivity contribution in [1.29, 1.82) is 0 Å². The van der Waals surface area contributed by atoms with Gasteiger partial charge in [0.15, 0.2) is 5.65 Å². The molecule has 1 fully saturated rings. The number of hydrogen-bond acceptors (Lipinski definition) is 5. The number of para-hydroxylation sites is 1. The number of fused-ring (bicyclic) bond motifs is 3. The molecule has 1 aliphatic rings. The maximum atomic E-state index is 13.5. The molecular weight excluding hydrogens is 521 g/mol. The summed E-state index contributed by atoms with van der Waals surface area (Å²) in [6.45, 7) is 2.27. The van der Waals surface area contributed by atoms with Crippen molar-refractivity contribution in [1.82, 2.24) is 24.6 Å². The molecule has 6 rings (SSSR count). The van der Waals surface area contributed by atoms with Gasteiger partial charge in [-0.3, -0.25) is 4.79 Å². The number of amides is 1. The van der Waals surface area contributed by atoms with Crippen molar-refractivity contribution >= 4 is 39.7 Å². The number of carbonyl (C=O) groups is 1. The summed E-state index contributed by atoms with van der Waals surface area (Å²) in [5, 5.41) is 10.5. The topological polar surface area (TPSA) is 63.9 Å². The first-order chi connectivity index (χ1) is 19.6. The molecule has 3 aromatic carbocycles. The summed E-state index contributed by atoms with van der Waals surface area (Å²) >= 11 is 1.53. The molecule has 1 amide bonds. The van der Waals surface area contributed by atoms with Crippen molar-refractivity contribution in [3.63, 3.8) is 0 Å². The van der Waals surface area contributed by atoms with Crippen molar-refractivity contribution in [2.75, 3.05) is 18.8 Å². The van der Waals surface area contributed by atoms with Crippen molar-refractivity contribution in [2.45, 2.75) is 43.8 Å². The van der Waals surface area contributed by atoms with Gasteiger partial charge in [0.05, 0.1) is 5.52 Å². The summed E-state index contributed by atoms with van der Waals surface area (Å²) < 4.78 is 15.6. The second kappa shape index (κ2) is 12.2. The van der Waals surface area contributed by atoms with Crippen LogP contribution in [0, 0.1) is 11.7 Å². The number of likely N-dealkylation sites (tertiary alicyclic amines) is 1. The Morgan fingerprint density at radius 1 is 0.900 bits per heavy atom. The first kappa shape index (κ1) is 26.4. The molecule has 0 atom stereocenters. The minimum atomic E-state index is -0.250. The molecule has 3 heterocycles. The molecule has 6 nitrogen and oxygen atoms in total. The van der Waals surface area contributed by atoms with Crippen LogP contribution in [0.2, 0.25) is 0 Å². The van der Waals surface area contributed by atoms with Crippen LogP contribution < -0.4 is 0 Å². The highest BCUT2D eigenvalue weighted by atomic mass is 32.2. The van der Waals surface area contributed by atoms with Crippen LogP contribution >= 0.6 is 11.8 Å². The van der Waals surface area contributed by atoms with E-state index in [1.54, 1.807) is 12.1 Å². The smallest absolute Gasteiger partial charge is 0.222 e. The summed E-state index contributed by atoms with van der Waals surface area (Å²) in [6.07, 6.45) is 4.55. The number of halogens is 1. The third-order valence-corrected chi connectivity index (χ3v) is 8.63. The highest BCUT2D eigenvalue weighted by Crippen LogP contribution is 2.28. The van der Waals surface area contributed by atoms with Crippen LogP contribution in [0.1, 0.15) is 36.8 Å². The molecule has 0 radical (unpaired) electrons. The molecule has 0 aliphatic carbocycles. The van der Waals surface area contributed by atoms with Gasteiger partial charge in [-0.05, 0) is 60.9 Å². The Morgan fingerprint density at radius 2 is 1.65 bits per heavy atom. The molecule has 1 aliphatic heterocycles. The summed E-state index contributed by atoms with van der Waals surface area (Å²) in [5.74, 6) is 1.40. The highest BCUT2D eigenvalue weighted by molar-refractivity contribution is 7.99. The van der Waals surface area contributed by atoms with E-state index in [4.69, 9.17) is 4.98 Å². The van der Waals surface area contributed by atoms with Crippen molar-refractivity contribution in [3.05, 3.63) is 95.8 Å². The Labute approximate surface area is 237 Å². The van der Waals surface area contributed by atoms with E-state index in [0.717, 1.165) is 72.2 Å². The summed E-state index contributed by atoms with van der Waals surface area (Å²) in [7, 11) is 0. The fraction of sp³-hybridized carbons (Fsp3) is 0.312. The zero-order chi connectivity index (χ0) is 27.3. The van der Waals surface area contributed by atoms with E-state index in [-0.39, 0.29) is 11.7 Å². The van der Waals surface area contributed by atoms with Gasteiger partial charge in [-0.15, -0.1) is 10.2 Å². The van der Waals surface area contributed by atoms with Gasteiger partial charge in [-0.1, -0.05) is 72.4 Å². The quantitative estimate of drug-likeness (QED) is 0.154. The SMILES string of the molecule is O=C(CCCSc1nnc2c3ccccc3n(Cc3ccc(F)cc3)c2n1)N1CCC(Cc2ccccc2)CC1. The predicted molar refractivity (Wildman–Crippen MR) is 158 cm³/mol. The summed E-state index contributed by atoms with van der Waals surface area (Å²) in [5.41, 5.74) is 4.91. The normalized spacial score (nSPS) is 14.3. The van der Waals surface area contributed by atoms with E-state index in [1.807, 2.05) is 29.2 Å². The van der Waals surface area contributed by atoms with E-state index < -0.39 is 0 Å². The first-order valence-corrected chi connectivity index (χ1v) is 14.9. The molecular formula is C32H32FN5OS. The Bertz CT molecular complexity index is 1600. The zero-order valence-corrected chi connectivity index (χ0v) is 23.2. The van der Waals surface area contributed by atoms with Gasteiger partial charge >= 0.3 is 0 Å². The summed E-state index contributed by atoms with van der Waals surface area (Å²) in [4.78, 5) is 19.7. The molecule has 0 saturated carbocycles. The molecule has 40 heavy (non-hydrogen) atoms. The number of aromatic nitrogens is 4. The highest BCUT2D eigenvalue weighted by Gasteiger charge is 2.23. The van der Waals surface area contributed by atoms with Crippen LogP contribution in [-0.4, -0.2) is 49.4 Å². The number of hydrogen-bond donors (Lipinski definition) is 0. The number of nitrogens with zero attached hydrogens (tertiary/aromatic N) is 5. The molecule has 0 bridgehead atoms. The molecule has 204 valence electrons. The third-order valence-electron chi connectivity index (χ3n) is 7.71. The number of rotatable bonds is 9. The van der Waals surface area contributed by atoms with Gasteiger partial charge in [-0.2, -0.15) is 0 Å². The minimum Gasteiger partial charge on any atom is -0.343 e. The third kappa shape index (κ3) is 6.02. The number of benzene rings is 3. The Morgan fingerprint density at radius 3 is 2.45 bits per heavy atom. The lowest BCUT2D eigenvalue weighted by molar-refractivity contribution is -0.132. The standard InChI is InChI=1S/C32H32FN5OS/c33-26-14-12-25(13-15-26)22-38-28-10-5-4-9-27(28)30-31(38)34-32(36-35-30)40-20-6-11-29(39)37-18-16-24(17-19-37)21-23-7-2-1-3-8-23/h1-5,7-10,12-15,24H,6,11,16-22H2. The second-order valence-corrected chi connectivity index (χ2v) is 11.5. The summed E-state index contributed by atoms with van der Waals surface area (Å²) in [6, 6.07) is 25.2. The lowest BCUT2D eigenvalue weighted by atomic mass is 9.90. The average Bonchev–Trinajstić information content (AvgIpc) is 3.30. The lowest BCUT2D eigenvalue weighted by Gasteiger charge is -2.32. The Hall–Kier alpha value is -3.78. The van der Waals surface area contributed by atoms with Gasteiger partial charge < -0.3 is 9.47 Å². The molecule has 0 N–H and O–H groups in total. The van der Waals surface area contributed by atoms with Crippen LogP contribution in [0.15, 0.2) is 84.0 Å². The van der Waals surface area contributed by atoms with E-state index >= 15 is 0 Å². The molecule has 2 aromatic heterocycles. The first-order valence-electron chi connectivity index (χ1n) is 13.9. The minimum absolute atomic E-state index is 0.243. The largest absolute Gasteiger partial charge is 0.343 e. The van der Waals surface area contributed by atoms with Gasteiger partial charge in [0.1, 0.15) is 11.3 Å². The van der Waals surface area contributed by atoms with Crippen molar-refractivity contribution in [3.8, 4) is 0 Å². The van der Waals surface area contributed by atoms with E-state index in [2.05, 4.69) is 45.1 Å². The Balaban J connectivity index is 1.05. The molecule has 1 saturated heterocycles. The Kier molecular flexibility index (Phi) is 8.04. The number of carbonyl (C=O) groups excluding carboxylic acids is 1.